The molecule has 4 heterocycles. The minimum absolute atomic E-state index is 0.107. The van der Waals surface area contributed by atoms with Crippen LogP contribution in [-0.2, 0) is 18.3 Å². The number of ether oxygens (including phenoxy) is 1. The van der Waals surface area contributed by atoms with Crippen molar-refractivity contribution in [2.45, 2.75) is 86.5 Å². The number of phenols is 1. The topological polar surface area (TPSA) is 69.1 Å². The molecule has 6 nitrogen and oxygen atoms in total. The molecule has 5 atom stereocenters. The van der Waals surface area contributed by atoms with E-state index in [-0.39, 0.29) is 23.4 Å². The van der Waals surface area contributed by atoms with Crippen LogP contribution < -0.4 is 4.74 Å². The van der Waals surface area contributed by atoms with E-state index in [0.717, 1.165) is 88.3 Å². The molecule has 2 spiro atoms. The molecule has 2 N–H and O–H groups in total. The summed E-state index contributed by atoms with van der Waals surface area (Å²) < 4.78 is 6.94. The van der Waals surface area contributed by atoms with Gasteiger partial charge in [0.05, 0.1) is 16.6 Å². The summed E-state index contributed by atoms with van der Waals surface area (Å²) >= 11 is 0. The van der Waals surface area contributed by atoms with Gasteiger partial charge in [0, 0.05) is 43.0 Å². The number of nitrogens with zero attached hydrogens (tertiary/aromatic N) is 3. The Balaban J connectivity index is 1.22. The lowest BCUT2D eigenvalue weighted by atomic mass is 9.45. The Labute approximate surface area is 213 Å². The van der Waals surface area contributed by atoms with E-state index in [4.69, 9.17) is 4.74 Å². The highest BCUT2D eigenvalue weighted by Gasteiger charge is 2.76. The Morgan fingerprint density at radius 3 is 2.81 bits per heavy atom. The summed E-state index contributed by atoms with van der Waals surface area (Å²) in [5.41, 5.74) is 2.21. The first-order valence-corrected chi connectivity index (χ1v) is 14.2. The van der Waals surface area contributed by atoms with Crippen molar-refractivity contribution in [1.29, 1.82) is 0 Å². The van der Waals surface area contributed by atoms with E-state index in [9.17, 15) is 10.2 Å². The maximum absolute atomic E-state index is 12.8. The van der Waals surface area contributed by atoms with E-state index >= 15 is 0 Å². The van der Waals surface area contributed by atoms with E-state index in [1.54, 1.807) is 0 Å². The first-order chi connectivity index (χ1) is 17.6. The molecule has 2 saturated carbocycles. The third-order valence-electron chi connectivity index (χ3n) is 11.0. The van der Waals surface area contributed by atoms with E-state index in [0.29, 0.717) is 5.75 Å². The summed E-state index contributed by atoms with van der Waals surface area (Å²) in [6.45, 7) is 4.16. The fourth-order valence-electron chi connectivity index (χ4n) is 9.25. The first kappa shape index (κ1) is 21.9. The van der Waals surface area contributed by atoms with Gasteiger partial charge < -0.3 is 14.9 Å². The zero-order chi connectivity index (χ0) is 24.1. The Hall–Kier alpha value is -2.15. The average Bonchev–Trinajstić information content (AvgIpc) is 3.49. The zero-order valence-electron chi connectivity index (χ0n) is 21.0. The normalized spacial score (nSPS) is 38.8. The number of rotatable bonds is 5. The van der Waals surface area contributed by atoms with Crippen molar-refractivity contribution in [1.82, 2.24) is 14.8 Å². The predicted octanol–water partition coefficient (Wildman–Crippen LogP) is 3.43. The Morgan fingerprint density at radius 2 is 1.97 bits per heavy atom. The van der Waals surface area contributed by atoms with Gasteiger partial charge >= 0.3 is 0 Å². The molecule has 2 saturated heterocycles. The fourth-order valence-corrected chi connectivity index (χ4v) is 9.25. The van der Waals surface area contributed by atoms with Crippen LogP contribution in [0.15, 0.2) is 36.5 Å². The maximum Gasteiger partial charge on any atom is 0.165 e. The molecule has 2 aromatic rings. The summed E-state index contributed by atoms with van der Waals surface area (Å²) in [4.78, 5) is 9.87. The van der Waals surface area contributed by atoms with Gasteiger partial charge in [0.1, 0.15) is 6.10 Å². The van der Waals surface area contributed by atoms with Crippen LogP contribution in [0.2, 0.25) is 0 Å². The number of hydrogen-bond acceptors (Lipinski definition) is 6. The standard InChI is InChI=1S/C30H37N3O3/c34-23-8-7-21-18-24-30(35)12-11-28(10-3-15-33(28)16-9-22-4-1-2-14-31-22)27-29(30,25(21)26(23)36-27)13-17-32(24)19-20-5-6-20/h1-2,4,7-8,14,20,24,27,34-35H,3,5-6,9-13,15-19H2/t24-,27+,28-,29+,30-/m1/s1. The number of aromatic hydroxyl groups is 1. The van der Waals surface area contributed by atoms with Gasteiger partial charge in [-0.25, -0.2) is 0 Å². The predicted molar refractivity (Wildman–Crippen MR) is 136 cm³/mol. The van der Waals surface area contributed by atoms with Gasteiger partial charge in [-0.3, -0.25) is 14.8 Å². The molecule has 0 unspecified atom stereocenters. The molecule has 6 heteroatoms. The molecule has 190 valence electrons. The smallest absolute Gasteiger partial charge is 0.165 e. The molecule has 4 fully saturated rings. The lowest BCUT2D eigenvalue weighted by Crippen LogP contribution is -2.80. The minimum atomic E-state index is -0.808. The van der Waals surface area contributed by atoms with Crippen LogP contribution in [0.4, 0.5) is 0 Å². The molecular formula is C30H37N3O3. The molecule has 3 aliphatic carbocycles. The summed E-state index contributed by atoms with van der Waals surface area (Å²) in [5, 5.41) is 23.8. The molecule has 8 rings (SSSR count). The fraction of sp³-hybridized carbons (Fsp3) is 0.633. The zero-order valence-corrected chi connectivity index (χ0v) is 21.0. The van der Waals surface area contributed by atoms with Crippen molar-refractivity contribution >= 4 is 0 Å². The van der Waals surface area contributed by atoms with E-state index < -0.39 is 11.0 Å². The molecular weight excluding hydrogens is 450 g/mol. The van der Waals surface area contributed by atoms with E-state index in [2.05, 4.69) is 33.0 Å². The number of pyridine rings is 1. The van der Waals surface area contributed by atoms with E-state index in [1.165, 1.54) is 18.4 Å². The average molecular weight is 488 g/mol. The third kappa shape index (κ3) is 2.71. The monoisotopic (exact) mass is 487 g/mol. The van der Waals surface area contributed by atoms with Gasteiger partial charge in [-0.15, -0.1) is 0 Å². The van der Waals surface area contributed by atoms with Gasteiger partial charge in [0.15, 0.2) is 11.5 Å². The van der Waals surface area contributed by atoms with Gasteiger partial charge in [-0.05, 0) is 94.1 Å². The molecule has 0 amide bonds. The molecule has 3 aliphatic heterocycles. The number of phenolic OH excluding ortho intramolecular Hbond substituents is 1. The SMILES string of the molecule is Oc1ccc2c3c1O[C@H]1[C@@]4(CCCN4CCc4ccccn4)CC[C@@]4(O)[C@@H](C2)N(CC2CC2)CC[C@]314. The van der Waals surface area contributed by atoms with Crippen molar-refractivity contribution < 1.29 is 14.9 Å². The number of aromatic nitrogens is 1. The molecule has 36 heavy (non-hydrogen) atoms. The van der Waals surface area contributed by atoms with Crippen LogP contribution >= 0.6 is 0 Å². The number of aliphatic hydroxyl groups is 1. The van der Waals surface area contributed by atoms with Gasteiger partial charge in [-0.1, -0.05) is 12.1 Å². The summed E-state index contributed by atoms with van der Waals surface area (Å²) in [7, 11) is 0. The van der Waals surface area contributed by atoms with Gasteiger partial charge in [0.2, 0.25) is 0 Å². The van der Waals surface area contributed by atoms with Crippen LogP contribution in [0.25, 0.3) is 0 Å². The lowest BCUT2D eigenvalue weighted by molar-refractivity contribution is -0.216. The second-order valence-corrected chi connectivity index (χ2v) is 12.5. The number of piperidine rings is 1. The first-order valence-electron chi connectivity index (χ1n) is 14.2. The third-order valence-corrected chi connectivity index (χ3v) is 11.0. The number of likely N-dealkylation sites (tertiary alicyclic amines) is 2. The van der Waals surface area contributed by atoms with Gasteiger partial charge in [-0.2, -0.15) is 0 Å². The maximum atomic E-state index is 12.8. The number of hydrogen-bond donors (Lipinski definition) is 2. The van der Waals surface area contributed by atoms with Crippen molar-refractivity contribution in [2.75, 3.05) is 26.2 Å². The highest BCUT2D eigenvalue weighted by atomic mass is 16.5. The summed E-state index contributed by atoms with van der Waals surface area (Å²) in [6, 6.07) is 10.2. The van der Waals surface area contributed by atoms with Gasteiger partial charge in [0.25, 0.3) is 0 Å². The second-order valence-electron chi connectivity index (χ2n) is 12.5. The molecule has 1 aromatic heterocycles. The lowest BCUT2D eigenvalue weighted by Gasteiger charge is -2.67. The van der Waals surface area contributed by atoms with Crippen LogP contribution in [0, 0.1) is 5.92 Å². The Bertz CT molecular complexity index is 1200. The van der Waals surface area contributed by atoms with Crippen molar-refractivity contribution in [2.24, 2.45) is 5.92 Å². The summed E-state index contributed by atoms with van der Waals surface area (Å²) in [6.07, 6.45) is 11.1. The quantitative estimate of drug-likeness (QED) is 0.674. The minimum Gasteiger partial charge on any atom is -0.504 e. The Morgan fingerprint density at radius 1 is 1.06 bits per heavy atom. The summed E-state index contributed by atoms with van der Waals surface area (Å²) in [5.74, 6) is 1.72. The molecule has 1 aromatic carbocycles. The largest absolute Gasteiger partial charge is 0.504 e. The second kappa shape index (κ2) is 7.46. The van der Waals surface area contributed by atoms with Crippen LogP contribution in [-0.4, -0.2) is 74.5 Å². The van der Waals surface area contributed by atoms with Crippen molar-refractivity contribution in [3.63, 3.8) is 0 Å². The van der Waals surface area contributed by atoms with E-state index in [1.807, 2.05) is 18.3 Å². The highest BCUT2D eigenvalue weighted by Crippen LogP contribution is 2.69. The number of fused-ring (bicyclic) bond motifs is 1. The Kier molecular flexibility index (Phi) is 4.53. The molecule has 2 bridgehead atoms. The van der Waals surface area contributed by atoms with Crippen molar-refractivity contribution in [3.05, 3.63) is 53.3 Å². The van der Waals surface area contributed by atoms with Crippen LogP contribution in [0.5, 0.6) is 11.5 Å². The highest BCUT2D eigenvalue weighted by molar-refractivity contribution is 5.63. The van der Waals surface area contributed by atoms with Crippen LogP contribution in [0.1, 0.15) is 61.8 Å². The van der Waals surface area contributed by atoms with Crippen molar-refractivity contribution in [3.8, 4) is 11.5 Å². The number of benzene rings is 1. The molecule has 6 aliphatic rings. The van der Waals surface area contributed by atoms with Crippen LogP contribution in [0.3, 0.4) is 0 Å². The molecule has 0 radical (unpaired) electrons.